The van der Waals surface area contributed by atoms with Crippen LogP contribution < -0.4 is 15.6 Å². The molecule has 14 heteroatoms. The highest BCUT2D eigenvalue weighted by molar-refractivity contribution is 7.89. The highest BCUT2D eigenvalue weighted by Gasteiger charge is 2.22. The molecule has 1 atom stereocenters. The van der Waals surface area contributed by atoms with Crippen LogP contribution in [0.3, 0.4) is 0 Å². The van der Waals surface area contributed by atoms with E-state index >= 15 is 0 Å². The van der Waals surface area contributed by atoms with Gasteiger partial charge in [-0.1, -0.05) is 17.7 Å². The lowest BCUT2D eigenvalue weighted by atomic mass is 10.0. The Balaban J connectivity index is 1.57. The number of halogens is 1. The molecule has 4 heterocycles. The van der Waals surface area contributed by atoms with Crippen molar-refractivity contribution in [3.63, 3.8) is 0 Å². The molecule has 5 aromatic rings. The Morgan fingerprint density at radius 3 is 2.35 bits per heavy atom. The first-order valence-corrected chi connectivity index (χ1v) is 15.3. The molecule has 0 unspecified atom stereocenters. The number of anilines is 1. The molecule has 0 saturated carbocycles. The Labute approximate surface area is 252 Å². The van der Waals surface area contributed by atoms with Gasteiger partial charge in [-0.15, -0.1) is 0 Å². The van der Waals surface area contributed by atoms with Crippen LogP contribution in [0.2, 0.25) is 5.15 Å². The fourth-order valence-corrected chi connectivity index (χ4v) is 5.16. The molecule has 2 N–H and O–H groups in total. The molecule has 0 aliphatic rings. The quantitative estimate of drug-likeness (QED) is 0.255. The molecule has 5 rings (SSSR count). The van der Waals surface area contributed by atoms with E-state index in [4.69, 9.17) is 16.6 Å². The molecular formula is C29H27ClN8O4S. The summed E-state index contributed by atoms with van der Waals surface area (Å²) in [4.78, 5) is 48.4. The maximum atomic E-state index is 13.6. The maximum absolute atomic E-state index is 13.6. The number of sulfonamides is 1. The minimum atomic E-state index is -3.85. The number of amides is 1. The van der Waals surface area contributed by atoms with E-state index in [9.17, 15) is 18.0 Å². The maximum Gasteiger partial charge on any atom is 0.285 e. The van der Waals surface area contributed by atoms with Gasteiger partial charge in [0.1, 0.15) is 16.7 Å². The van der Waals surface area contributed by atoms with Crippen molar-refractivity contribution < 1.29 is 13.2 Å². The average Bonchev–Trinajstić information content (AvgIpc) is 2.95. The zero-order chi connectivity index (χ0) is 31.1. The standard InChI is InChI=1S/C29H27ClN8O4S/c1-15-10-19(17(3)34-21-8-9-23(30)35-25(21)28(39)37-43(5,41)42)24-20(11-15)29(40)38(4)27(36-24)18-6-7-22(31-14-18)26-32-12-16(2)13-33-26/h6-14,17,34H,1-5H3,(H,37,39)/t17-/m1/s1. The third kappa shape index (κ3) is 6.37. The normalized spacial score (nSPS) is 12.2. The smallest absolute Gasteiger partial charge is 0.285 e. The number of aryl methyl sites for hydroxylation is 2. The van der Waals surface area contributed by atoms with Gasteiger partial charge < -0.3 is 5.32 Å². The van der Waals surface area contributed by atoms with Crippen LogP contribution in [0.5, 0.6) is 0 Å². The molecule has 0 bridgehead atoms. The van der Waals surface area contributed by atoms with Crippen molar-refractivity contribution in [1.82, 2.24) is 34.2 Å². The summed E-state index contributed by atoms with van der Waals surface area (Å²) in [7, 11) is -2.20. The number of aromatic nitrogens is 6. The number of benzene rings is 1. The molecule has 0 aliphatic carbocycles. The fourth-order valence-electron chi connectivity index (χ4n) is 4.58. The highest BCUT2D eigenvalue weighted by Crippen LogP contribution is 2.29. The number of pyridine rings is 2. The summed E-state index contributed by atoms with van der Waals surface area (Å²) in [6, 6.07) is 9.76. The largest absolute Gasteiger partial charge is 0.377 e. The van der Waals surface area contributed by atoms with Gasteiger partial charge in [-0.2, -0.15) is 0 Å². The molecule has 0 aliphatic heterocycles. The Bertz CT molecular complexity index is 2050. The number of carbonyl (C=O) groups is 1. The van der Waals surface area contributed by atoms with Gasteiger partial charge in [0.25, 0.3) is 11.5 Å². The van der Waals surface area contributed by atoms with Crippen molar-refractivity contribution in [2.75, 3.05) is 11.6 Å². The van der Waals surface area contributed by atoms with E-state index in [0.717, 1.165) is 17.4 Å². The summed E-state index contributed by atoms with van der Waals surface area (Å²) in [6.07, 6.45) is 5.92. The Hall–Kier alpha value is -4.75. The lowest BCUT2D eigenvalue weighted by molar-refractivity contribution is 0.0977. The van der Waals surface area contributed by atoms with Crippen molar-refractivity contribution in [2.45, 2.75) is 26.8 Å². The van der Waals surface area contributed by atoms with Crippen molar-refractivity contribution in [1.29, 1.82) is 0 Å². The van der Waals surface area contributed by atoms with Gasteiger partial charge in [0.15, 0.2) is 11.5 Å². The Kier molecular flexibility index (Phi) is 7.95. The summed E-state index contributed by atoms with van der Waals surface area (Å²) in [6.45, 7) is 5.60. The van der Waals surface area contributed by atoms with Crippen molar-refractivity contribution in [2.24, 2.45) is 7.05 Å². The topological polar surface area (TPSA) is 162 Å². The fraction of sp³-hybridized carbons (Fsp3) is 0.207. The van der Waals surface area contributed by atoms with Gasteiger partial charge in [-0.05, 0) is 62.2 Å². The summed E-state index contributed by atoms with van der Waals surface area (Å²) >= 11 is 6.02. The lowest BCUT2D eigenvalue weighted by Gasteiger charge is -2.20. The van der Waals surface area contributed by atoms with Crippen LogP contribution in [0.4, 0.5) is 5.69 Å². The van der Waals surface area contributed by atoms with Gasteiger partial charge in [-0.25, -0.2) is 33.1 Å². The second-order valence-electron chi connectivity index (χ2n) is 10.2. The number of nitrogens with one attached hydrogen (secondary N) is 2. The number of hydrogen-bond donors (Lipinski definition) is 2. The molecule has 220 valence electrons. The van der Waals surface area contributed by atoms with Crippen LogP contribution >= 0.6 is 11.6 Å². The molecule has 1 aromatic carbocycles. The number of fused-ring (bicyclic) bond motifs is 1. The minimum Gasteiger partial charge on any atom is -0.377 e. The first kappa shape index (κ1) is 29.7. The first-order valence-electron chi connectivity index (χ1n) is 13.0. The third-order valence-electron chi connectivity index (χ3n) is 6.58. The zero-order valence-corrected chi connectivity index (χ0v) is 25.4. The molecular weight excluding hydrogens is 592 g/mol. The molecule has 12 nitrogen and oxygen atoms in total. The number of hydrogen-bond acceptors (Lipinski definition) is 10. The first-order chi connectivity index (χ1) is 20.3. The van der Waals surface area contributed by atoms with Gasteiger partial charge in [0.2, 0.25) is 10.0 Å². The van der Waals surface area contributed by atoms with Crippen LogP contribution in [-0.2, 0) is 17.1 Å². The van der Waals surface area contributed by atoms with E-state index in [-0.39, 0.29) is 22.1 Å². The summed E-state index contributed by atoms with van der Waals surface area (Å²) in [5.41, 5.74) is 3.90. The van der Waals surface area contributed by atoms with Crippen molar-refractivity contribution in [3.05, 3.63) is 92.9 Å². The lowest BCUT2D eigenvalue weighted by Crippen LogP contribution is -2.31. The van der Waals surface area contributed by atoms with Crippen LogP contribution in [0.15, 0.2) is 59.8 Å². The number of carbonyl (C=O) groups excluding carboxylic acids is 1. The van der Waals surface area contributed by atoms with E-state index in [2.05, 4.69) is 25.3 Å². The minimum absolute atomic E-state index is 0.0150. The van der Waals surface area contributed by atoms with Crippen LogP contribution in [-0.4, -0.2) is 50.1 Å². The van der Waals surface area contributed by atoms with E-state index in [1.807, 2.05) is 31.6 Å². The van der Waals surface area contributed by atoms with Gasteiger partial charge in [-0.3, -0.25) is 19.1 Å². The van der Waals surface area contributed by atoms with Crippen LogP contribution in [0.1, 0.15) is 40.1 Å². The van der Waals surface area contributed by atoms with Gasteiger partial charge in [0.05, 0.1) is 28.9 Å². The molecule has 0 fully saturated rings. The van der Waals surface area contributed by atoms with Crippen molar-refractivity contribution >= 4 is 44.1 Å². The average molecular weight is 619 g/mol. The molecule has 0 radical (unpaired) electrons. The molecule has 43 heavy (non-hydrogen) atoms. The van der Waals surface area contributed by atoms with Gasteiger partial charge >= 0.3 is 0 Å². The van der Waals surface area contributed by atoms with Crippen LogP contribution in [0, 0.1) is 13.8 Å². The van der Waals surface area contributed by atoms with Crippen LogP contribution in [0.25, 0.3) is 33.8 Å². The number of nitrogens with zero attached hydrogens (tertiary/aromatic N) is 6. The predicted octanol–water partition coefficient (Wildman–Crippen LogP) is 3.98. The molecule has 4 aromatic heterocycles. The van der Waals surface area contributed by atoms with E-state index in [1.54, 1.807) is 43.8 Å². The van der Waals surface area contributed by atoms with E-state index in [1.165, 1.54) is 16.7 Å². The summed E-state index contributed by atoms with van der Waals surface area (Å²) in [5.74, 6) is -0.0495. The summed E-state index contributed by atoms with van der Waals surface area (Å²) < 4.78 is 26.8. The second kappa shape index (κ2) is 11.5. The molecule has 0 spiro atoms. The third-order valence-corrected chi connectivity index (χ3v) is 7.35. The molecule has 0 saturated heterocycles. The summed E-state index contributed by atoms with van der Waals surface area (Å²) in [5, 5.41) is 3.64. The van der Waals surface area contributed by atoms with E-state index in [0.29, 0.717) is 39.4 Å². The Morgan fingerprint density at radius 1 is 0.977 bits per heavy atom. The van der Waals surface area contributed by atoms with Crippen molar-refractivity contribution in [3.8, 4) is 22.9 Å². The number of rotatable bonds is 7. The monoisotopic (exact) mass is 618 g/mol. The second-order valence-corrected chi connectivity index (χ2v) is 12.3. The van der Waals surface area contributed by atoms with Gasteiger partial charge in [0, 0.05) is 36.8 Å². The molecule has 1 amide bonds. The SMILES string of the molecule is Cc1cnc(-c2ccc(-c3nc4c([C@@H](C)Nc5ccc(Cl)nc5C(=O)NS(C)(=O)=O)cc(C)cc4c(=O)n3C)cn2)nc1. The zero-order valence-electron chi connectivity index (χ0n) is 23.9. The van der Waals surface area contributed by atoms with E-state index < -0.39 is 22.0 Å². The Morgan fingerprint density at radius 2 is 1.70 bits per heavy atom. The predicted molar refractivity (Wildman–Crippen MR) is 164 cm³/mol. The highest BCUT2D eigenvalue weighted by atomic mass is 35.5.